The highest BCUT2D eigenvalue weighted by molar-refractivity contribution is 7.13. The molecule has 0 aliphatic carbocycles. The summed E-state index contributed by atoms with van der Waals surface area (Å²) >= 11 is 0. The Morgan fingerprint density at radius 2 is 1.94 bits per heavy atom. The van der Waals surface area contributed by atoms with E-state index in [9.17, 15) is 10.2 Å². The van der Waals surface area contributed by atoms with Gasteiger partial charge in [0.2, 0.25) is 0 Å². The summed E-state index contributed by atoms with van der Waals surface area (Å²) in [6.07, 6.45) is -0.357. The maximum absolute atomic E-state index is 9.68. The third-order valence-electron chi connectivity index (χ3n) is 3.80. The fraction of sp³-hybridized carbons (Fsp3) is 0.909. The molecule has 6 heteroatoms. The SMILES string of the molecule is OC(CNP)CN1CC[N+]2(CC1)CC(O)C2.[CH3-]. The number of rotatable bonds is 4. The molecule has 0 saturated carbocycles. The van der Waals surface area contributed by atoms with E-state index < -0.39 is 0 Å². The number of aliphatic hydroxyl groups excluding tert-OH is 2. The van der Waals surface area contributed by atoms with Gasteiger partial charge in [-0.2, -0.15) is 0 Å². The minimum Gasteiger partial charge on any atom is -0.390 e. The lowest BCUT2D eigenvalue weighted by molar-refractivity contribution is -0.975. The molecule has 3 N–H and O–H groups in total. The van der Waals surface area contributed by atoms with Crippen molar-refractivity contribution in [2.75, 3.05) is 52.4 Å². The molecule has 2 atom stereocenters. The normalized spacial score (nSPS) is 26.3. The van der Waals surface area contributed by atoms with Crippen molar-refractivity contribution >= 4 is 9.39 Å². The highest BCUT2D eigenvalue weighted by atomic mass is 31.0. The van der Waals surface area contributed by atoms with E-state index in [-0.39, 0.29) is 19.6 Å². The Bertz CT molecular complexity index is 227. The highest BCUT2D eigenvalue weighted by Crippen LogP contribution is 2.23. The molecule has 102 valence electrons. The van der Waals surface area contributed by atoms with Gasteiger partial charge in [-0.3, -0.25) is 9.99 Å². The lowest BCUT2D eigenvalue weighted by Crippen LogP contribution is -2.72. The zero-order valence-electron chi connectivity index (χ0n) is 10.7. The third kappa shape index (κ3) is 3.85. The summed E-state index contributed by atoms with van der Waals surface area (Å²) in [4.78, 5) is 2.32. The van der Waals surface area contributed by atoms with Crippen LogP contribution >= 0.6 is 9.39 Å². The van der Waals surface area contributed by atoms with Gasteiger partial charge in [-0.1, -0.05) is 9.39 Å². The van der Waals surface area contributed by atoms with Crippen LogP contribution in [0.2, 0.25) is 0 Å². The number of β-amino-alcohol motifs (C(OH)–C–C–N with tert-alkyl or cyclic N) is 1. The summed E-state index contributed by atoms with van der Waals surface area (Å²) in [7, 11) is 2.41. The second-order valence-electron chi connectivity index (χ2n) is 5.17. The smallest absolute Gasteiger partial charge is 0.152 e. The summed E-state index contributed by atoms with van der Waals surface area (Å²) < 4.78 is 1.09. The molecule has 5 nitrogen and oxygen atoms in total. The molecule has 2 rings (SSSR count). The van der Waals surface area contributed by atoms with E-state index in [1.54, 1.807) is 0 Å². The fourth-order valence-corrected chi connectivity index (χ4v) is 3.09. The second-order valence-corrected chi connectivity index (χ2v) is 5.58. The van der Waals surface area contributed by atoms with Crippen LogP contribution in [0.5, 0.6) is 0 Å². The minimum absolute atomic E-state index is 0. The zero-order valence-corrected chi connectivity index (χ0v) is 11.8. The number of aliphatic hydroxyl groups is 2. The lowest BCUT2D eigenvalue weighted by atomic mass is 10.0. The van der Waals surface area contributed by atoms with Crippen molar-refractivity contribution in [1.82, 2.24) is 9.99 Å². The molecule has 2 aliphatic heterocycles. The van der Waals surface area contributed by atoms with Crippen LogP contribution in [-0.2, 0) is 0 Å². The van der Waals surface area contributed by atoms with Crippen LogP contribution in [-0.4, -0.2) is 84.2 Å². The second kappa shape index (κ2) is 6.41. The van der Waals surface area contributed by atoms with Gasteiger partial charge in [0.25, 0.3) is 0 Å². The molecule has 2 heterocycles. The molecule has 0 aromatic carbocycles. The molecular formula is C11H26N3O2P. The van der Waals surface area contributed by atoms with E-state index in [0.717, 1.165) is 50.3 Å². The first-order chi connectivity index (χ1) is 7.63. The average Bonchev–Trinajstić information content (AvgIpc) is 2.20. The predicted molar refractivity (Wildman–Crippen MR) is 72.3 cm³/mol. The van der Waals surface area contributed by atoms with Crippen molar-refractivity contribution in [3.63, 3.8) is 0 Å². The molecule has 0 amide bonds. The number of hydrogen-bond acceptors (Lipinski definition) is 4. The van der Waals surface area contributed by atoms with Crippen molar-refractivity contribution in [3.05, 3.63) is 7.43 Å². The van der Waals surface area contributed by atoms with E-state index in [1.165, 1.54) is 0 Å². The van der Waals surface area contributed by atoms with Crippen molar-refractivity contribution in [3.8, 4) is 0 Å². The molecule has 0 radical (unpaired) electrons. The predicted octanol–water partition coefficient (Wildman–Crippen LogP) is -1.32. The summed E-state index contributed by atoms with van der Waals surface area (Å²) in [6.45, 7) is 7.58. The maximum atomic E-state index is 9.68. The van der Waals surface area contributed by atoms with Crippen LogP contribution in [0.3, 0.4) is 0 Å². The van der Waals surface area contributed by atoms with Gasteiger partial charge in [-0.25, -0.2) is 0 Å². The molecule has 17 heavy (non-hydrogen) atoms. The van der Waals surface area contributed by atoms with Crippen LogP contribution in [0.15, 0.2) is 0 Å². The van der Waals surface area contributed by atoms with E-state index in [2.05, 4.69) is 19.4 Å². The first kappa shape index (κ1) is 15.3. The quantitative estimate of drug-likeness (QED) is 0.335. The molecule has 2 saturated heterocycles. The fourth-order valence-electron chi connectivity index (χ4n) is 2.82. The zero-order chi connectivity index (χ0) is 11.6. The third-order valence-corrected chi connectivity index (χ3v) is 4.04. The van der Waals surface area contributed by atoms with E-state index in [0.29, 0.717) is 6.54 Å². The molecule has 1 spiro atoms. The first-order valence-electron chi connectivity index (χ1n) is 6.01. The van der Waals surface area contributed by atoms with Gasteiger partial charge in [-0.15, -0.1) is 0 Å². The van der Waals surface area contributed by atoms with Crippen LogP contribution < -0.4 is 5.09 Å². The van der Waals surface area contributed by atoms with Gasteiger partial charge in [0.05, 0.1) is 19.2 Å². The number of piperazine rings is 1. The topological polar surface area (TPSA) is 55.7 Å². The first-order valence-corrected chi connectivity index (χ1v) is 6.58. The number of nitrogens with zero attached hydrogens (tertiary/aromatic N) is 2. The van der Waals surface area contributed by atoms with Gasteiger partial charge >= 0.3 is 0 Å². The largest absolute Gasteiger partial charge is 0.390 e. The standard InChI is InChI=1S/C10H23N3O2P.CH3/c14-9(5-11-16)6-12-1-3-13(4-2-12)7-10(15)8-13;/h9-11,14-15H,1-8,16H2;1H3/q+1;-1. The van der Waals surface area contributed by atoms with Crippen molar-refractivity contribution in [2.45, 2.75) is 12.2 Å². The van der Waals surface area contributed by atoms with Crippen LogP contribution in [0.25, 0.3) is 0 Å². The van der Waals surface area contributed by atoms with Gasteiger partial charge in [0.15, 0.2) is 6.10 Å². The molecule has 0 aromatic rings. The Morgan fingerprint density at radius 3 is 2.41 bits per heavy atom. The molecule has 2 fully saturated rings. The molecule has 0 bridgehead atoms. The number of nitrogens with one attached hydrogen (secondary N) is 1. The van der Waals surface area contributed by atoms with Gasteiger partial charge in [0, 0.05) is 26.2 Å². The van der Waals surface area contributed by atoms with E-state index in [4.69, 9.17) is 0 Å². The van der Waals surface area contributed by atoms with E-state index in [1.807, 2.05) is 0 Å². The maximum Gasteiger partial charge on any atom is 0.152 e. The van der Waals surface area contributed by atoms with E-state index >= 15 is 0 Å². The Hall–Kier alpha value is 0.230. The van der Waals surface area contributed by atoms with Gasteiger partial charge in [-0.05, 0) is 0 Å². The van der Waals surface area contributed by atoms with Gasteiger partial charge in [0.1, 0.15) is 13.1 Å². The van der Waals surface area contributed by atoms with Crippen molar-refractivity contribution < 1.29 is 14.7 Å². The summed E-state index contributed by atoms with van der Waals surface area (Å²) in [6, 6.07) is 0. The Balaban J connectivity index is 0.00000144. The molecular weight excluding hydrogens is 237 g/mol. The monoisotopic (exact) mass is 263 g/mol. The summed E-state index contributed by atoms with van der Waals surface area (Å²) in [5, 5.41) is 22.0. The average molecular weight is 263 g/mol. The summed E-state index contributed by atoms with van der Waals surface area (Å²) in [5.41, 5.74) is 0. The Morgan fingerprint density at radius 1 is 1.35 bits per heavy atom. The Labute approximate surface area is 107 Å². The van der Waals surface area contributed by atoms with Crippen molar-refractivity contribution in [2.24, 2.45) is 0 Å². The van der Waals surface area contributed by atoms with Crippen molar-refractivity contribution in [1.29, 1.82) is 0 Å². The van der Waals surface area contributed by atoms with Crippen LogP contribution in [0.4, 0.5) is 0 Å². The number of quaternary nitrogens is 1. The molecule has 0 aromatic heterocycles. The van der Waals surface area contributed by atoms with Crippen LogP contribution in [0, 0.1) is 7.43 Å². The van der Waals surface area contributed by atoms with Gasteiger partial charge < -0.3 is 22.1 Å². The number of hydrogen-bond donors (Lipinski definition) is 3. The minimum atomic E-state index is -0.286. The molecule has 2 unspecified atom stereocenters. The highest BCUT2D eigenvalue weighted by Gasteiger charge is 2.44. The lowest BCUT2D eigenvalue weighted by Gasteiger charge is -2.52. The summed E-state index contributed by atoms with van der Waals surface area (Å²) in [5.74, 6) is 0. The van der Waals surface area contributed by atoms with Crippen LogP contribution in [0.1, 0.15) is 0 Å². The molecule has 2 aliphatic rings. The Kier molecular flexibility index (Phi) is 5.77.